The van der Waals surface area contributed by atoms with Gasteiger partial charge in [0.1, 0.15) is 0 Å². The SMILES string of the molecule is Cc1c([C@H](C)CC(=O)[O-])c(=O)n(C)c(=O)n1C. The van der Waals surface area contributed by atoms with Crippen molar-refractivity contribution in [2.75, 3.05) is 0 Å². The molecule has 1 heterocycles. The van der Waals surface area contributed by atoms with E-state index in [1.165, 1.54) is 11.6 Å². The number of nitrogens with zero attached hydrogens (tertiary/aromatic N) is 2. The number of carboxylic acids is 1. The number of hydrogen-bond acceptors (Lipinski definition) is 4. The summed E-state index contributed by atoms with van der Waals surface area (Å²) in [4.78, 5) is 34.1. The molecule has 0 aliphatic heterocycles. The Kier molecular flexibility index (Phi) is 3.55. The zero-order valence-electron chi connectivity index (χ0n) is 10.3. The van der Waals surface area contributed by atoms with Crippen LogP contribution in [-0.4, -0.2) is 15.1 Å². The average molecular weight is 239 g/mol. The van der Waals surface area contributed by atoms with E-state index in [0.29, 0.717) is 11.3 Å². The standard InChI is InChI=1S/C11H16N2O4/c1-6(5-8(14)15)9-7(2)12(3)11(17)13(4)10(9)16/h6H,5H2,1-4H3,(H,14,15)/p-1/t6-/m1/s1. The molecule has 1 aromatic heterocycles. The zero-order chi connectivity index (χ0) is 13.3. The van der Waals surface area contributed by atoms with Gasteiger partial charge in [-0.3, -0.25) is 9.36 Å². The fourth-order valence-electron chi connectivity index (χ4n) is 1.89. The number of rotatable bonds is 3. The van der Waals surface area contributed by atoms with E-state index in [2.05, 4.69) is 0 Å². The molecule has 0 saturated carbocycles. The molecule has 0 N–H and O–H groups in total. The quantitative estimate of drug-likeness (QED) is 0.652. The van der Waals surface area contributed by atoms with Gasteiger partial charge in [-0.1, -0.05) is 6.92 Å². The molecule has 1 atom stereocenters. The lowest BCUT2D eigenvalue weighted by molar-refractivity contribution is -0.306. The molecular weight excluding hydrogens is 224 g/mol. The highest BCUT2D eigenvalue weighted by Gasteiger charge is 2.18. The lowest BCUT2D eigenvalue weighted by atomic mass is 9.97. The minimum Gasteiger partial charge on any atom is -0.550 e. The molecule has 0 aliphatic rings. The second-order valence-electron chi connectivity index (χ2n) is 4.18. The molecule has 1 rings (SSSR count). The van der Waals surface area contributed by atoms with Crippen LogP contribution in [0.3, 0.4) is 0 Å². The monoisotopic (exact) mass is 239 g/mol. The third kappa shape index (κ3) is 2.30. The van der Waals surface area contributed by atoms with Gasteiger partial charge in [0, 0.05) is 31.3 Å². The van der Waals surface area contributed by atoms with Gasteiger partial charge >= 0.3 is 5.69 Å². The molecule has 17 heavy (non-hydrogen) atoms. The summed E-state index contributed by atoms with van der Waals surface area (Å²) in [5.74, 6) is -1.70. The molecule has 0 fully saturated rings. The molecule has 0 amide bonds. The van der Waals surface area contributed by atoms with E-state index in [4.69, 9.17) is 0 Å². The summed E-state index contributed by atoms with van der Waals surface area (Å²) in [6, 6.07) is 0. The first-order valence-electron chi connectivity index (χ1n) is 5.23. The summed E-state index contributed by atoms with van der Waals surface area (Å²) in [6.45, 7) is 3.26. The van der Waals surface area contributed by atoms with Crippen molar-refractivity contribution in [2.24, 2.45) is 14.1 Å². The van der Waals surface area contributed by atoms with E-state index in [1.54, 1.807) is 20.9 Å². The molecule has 0 saturated heterocycles. The van der Waals surface area contributed by atoms with Crippen LogP contribution >= 0.6 is 0 Å². The minimum atomic E-state index is -1.21. The van der Waals surface area contributed by atoms with Gasteiger partial charge in [-0.15, -0.1) is 0 Å². The Bertz CT molecular complexity index is 568. The Balaban J connectivity index is 3.50. The van der Waals surface area contributed by atoms with E-state index in [0.717, 1.165) is 4.57 Å². The van der Waals surface area contributed by atoms with Crippen LogP contribution in [-0.2, 0) is 18.9 Å². The van der Waals surface area contributed by atoms with Crippen LogP contribution in [0.4, 0.5) is 0 Å². The summed E-state index contributed by atoms with van der Waals surface area (Å²) >= 11 is 0. The van der Waals surface area contributed by atoms with Gasteiger partial charge in [-0.2, -0.15) is 0 Å². The summed E-state index contributed by atoms with van der Waals surface area (Å²) in [6.07, 6.45) is -0.242. The summed E-state index contributed by atoms with van der Waals surface area (Å²) in [7, 11) is 2.92. The van der Waals surface area contributed by atoms with Gasteiger partial charge in [0.25, 0.3) is 5.56 Å². The summed E-state index contributed by atoms with van der Waals surface area (Å²) in [5.41, 5.74) is -0.0260. The van der Waals surface area contributed by atoms with Crippen molar-refractivity contribution in [3.8, 4) is 0 Å². The van der Waals surface area contributed by atoms with Crippen LogP contribution < -0.4 is 16.4 Å². The molecule has 0 bridgehead atoms. The normalized spacial score (nSPS) is 12.5. The highest BCUT2D eigenvalue weighted by Crippen LogP contribution is 2.17. The maximum absolute atomic E-state index is 11.9. The molecule has 0 spiro atoms. The van der Waals surface area contributed by atoms with Gasteiger partial charge in [-0.25, -0.2) is 4.79 Å². The minimum absolute atomic E-state index is 0.242. The van der Waals surface area contributed by atoms with E-state index in [-0.39, 0.29) is 6.42 Å². The largest absolute Gasteiger partial charge is 0.550 e. The number of hydrogen-bond donors (Lipinski definition) is 0. The van der Waals surface area contributed by atoms with Crippen LogP contribution in [0.2, 0.25) is 0 Å². The Morgan fingerprint density at radius 2 is 1.82 bits per heavy atom. The third-order valence-corrected chi connectivity index (χ3v) is 2.97. The van der Waals surface area contributed by atoms with Crippen molar-refractivity contribution >= 4 is 5.97 Å². The molecule has 6 heteroatoms. The van der Waals surface area contributed by atoms with Crippen LogP contribution in [0.5, 0.6) is 0 Å². The molecule has 0 aliphatic carbocycles. The van der Waals surface area contributed by atoms with E-state index in [1.807, 2.05) is 0 Å². The summed E-state index contributed by atoms with van der Waals surface area (Å²) < 4.78 is 2.32. The second kappa shape index (κ2) is 4.57. The smallest absolute Gasteiger partial charge is 0.330 e. The fourth-order valence-corrected chi connectivity index (χ4v) is 1.89. The molecule has 0 radical (unpaired) electrons. The van der Waals surface area contributed by atoms with Gasteiger partial charge < -0.3 is 14.5 Å². The predicted octanol–water partition coefficient (Wildman–Crippen LogP) is -1.36. The molecular formula is C11H15N2O4-. The van der Waals surface area contributed by atoms with Crippen LogP contribution in [0.15, 0.2) is 9.59 Å². The van der Waals surface area contributed by atoms with Crippen molar-refractivity contribution in [1.29, 1.82) is 0 Å². The lowest BCUT2D eigenvalue weighted by Crippen LogP contribution is -2.41. The molecule has 0 aromatic carbocycles. The Morgan fingerprint density at radius 3 is 2.29 bits per heavy atom. The second-order valence-corrected chi connectivity index (χ2v) is 4.18. The fraction of sp³-hybridized carbons (Fsp3) is 0.545. The third-order valence-electron chi connectivity index (χ3n) is 2.97. The first-order valence-corrected chi connectivity index (χ1v) is 5.23. The predicted molar refractivity (Wildman–Crippen MR) is 59.7 cm³/mol. The lowest BCUT2D eigenvalue weighted by Gasteiger charge is -2.17. The van der Waals surface area contributed by atoms with Gasteiger partial charge in [0.15, 0.2) is 0 Å². The van der Waals surface area contributed by atoms with Gasteiger partial charge in [0.2, 0.25) is 0 Å². The van der Waals surface area contributed by atoms with Crippen LogP contribution in [0.1, 0.15) is 30.5 Å². The van der Waals surface area contributed by atoms with Crippen molar-refractivity contribution in [3.05, 3.63) is 32.1 Å². The van der Waals surface area contributed by atoms with E-state index >= 15 is 0 Å². The van der Waals surface area contributed by atoms with Crippen LogP contribution in [0, 0.1) is 6.92 Å². The number of carbonyl (C=O) groups is 1. The molecule has 1 aromatic rings. The molecule has 0 unspecified atom stereocenters. The maximum atomic E-state index is 11.9. The highest BCUT2D eigenvalue weighted by atomic mass is 16.4. The number of carbonyl (C=O) groups excluding carboxylic acids is 1. The number of aliphatic carboxylic acids is 1. The van der Waals surface area contributed by atoms with Crippen molar-refractivity contribution in [3.63, 3.8) is 0 Å². The van der Waals surface area contributed by atoms with E-state index < -0.39 is 23.1 Å². The highest BCUT2D eigenvalue weighted by molar-refractivity contribution is 5.65. The van der Waals surface area contributed by atoms with Crippen molar-refractivity contribution < 1.29 is 9.90 Å². The maximum Gasteiger partial charge on any atom is 0.330 e. The first kappa shape index (κ1) is 13.2. The average Bonchev–Trinajstić information content (AvgIpc) is 2.23. The van der Waals surface area contributed by atoms with E-state index in [9.17, 15) is 19.5 Å². The van der Waals surface area contributed by atoms with Gasteiger partial charge in [-0.05, 0) is 19.3 Å². The Labute approximate surface area is 98.1 Å². The number of aromatic nitrogens is 2. The Hall–Kier alpha value is -1.85. The topological polar surface area (TPSA) is 84.1 Å². The Morgan fingerprint density at radius 1 is 1.29 bits per heavy atom. The van der Waals surface area contributed by atoms with Crippen molar-refractivity contribution in [2.45, 2.75) is 26.2 Å². The molecule has 6 nitrogen and oxygen atoms in total. The number of carboxylic acid groups (broad SMARTS) is 1. The first-order chi connectivity index (χ1) is 7.77. The summed E-state index contributed by atoms with van der Waals surface area (Å²) in [5, 5.41) is 10.6. The van der Waals surface area contributed by atoms with Crippen LogP contribution in [0.25, 0.3) is 0 Å². The molecule has 94 valence electrons. The van der Waals surface area contributed by atoms with Gasteiger partial charge in [0.05, 0.1) is 0 Å². The van der Waals surface area contributed by atoms with Crippen molar-refractivity contribution in [1.82, 2.24) is 9.13 Å². The zero-order valence-corrected chi connectivity index (χ0v) is 10.3.